The van der Waals surface area contributed by atoms with Crippen LogP contribution in [0.1, 0.15) is 0 Å². The average molecular weight is 104 g/mol. The Hall–Kier alpha value is 0.200. The molecule has 0 N–H and O–H groups in total. The third-order valence-electron chi connectivity index (χ3n) is 0.410. The predicted molar refractivity (Wildman–Crippen MR) is 26.9 cm³/mol. The van der Waals surface area contributed by atoms with E-state index in [0.717, 1.165) is 4.75 Å². The molecule has 0 aliphatic carbocycles. The lowest BCUT2D eigenvalue weighted by atomic mass is 10.7. The van der Waals surface area contributed by atoms with E-state index in [4.69, 9.17) is 11.6 Å². The van der Waals surface area contributed by atoms with Gasteiger partial charge in [0.15, 0.2) is 0 Å². The van der Waals surface area contributed by atoms with Crippen molar-refractivity contribution in [2.75, 3.05) is 0 Å². The van der Waals surface area contributed by atoms with Gasteiger partial charge in [0.2, 0.25) is 0 Å². The van der Waals surface area contributed by atoms with Crippen LogP contribution >= 0.6 is 19.8 Å². The molecule has 0 saturated carbocycles. The van der Waals surface area contributed by atoms with Gasteiger partial charge in [-0.3, -0.25) is 0 Å². The molecule has 5 heavy (non-hydrogen) atoms. The standard InChI is InChI=1S/C3H2ClP/c4-3-1-2-5-3/h1-2H. The van der Waals surface area contributed by atoms with Crippen molar-refractivity contribution in [3.8, 4) is 0 Å². The first-order valence-electron chi connectivity index (χ1n) is 1.29. The van der Waals surface area contributed by atoms with Crippen LogP contribution in [0.15, 0.2) is 11.9 Å². The molecule has 1 aliphatic rings. The van der Waals surface area contributed by atoms with Crippen molar-refractivity contribution in [3.63, 3.8) is 0 Å². The lowest BCUT2D eigenvalue weighted by Crippen LogP contribution is -1.74. The first-order chi connectivity index (χ1) is 2.39. The van der Waals surface area contributed by atoms with E-state index >= 15 is 0 Å². The van der Waals surface area contributed by atoms with Crippen molar-refractivity contribution in [2.45, 2.75) is 0 Å². The Kier molecular flexibility index (Phi) is 0.759. The van der Waals surface area contributed by atoms with Gasteiger partial charge in [-0.2, -0.15) is 0 Å². The molecule has 0 unspecified atom stereocenters. The van der Waals surface area contributed by atoms with Gasteiger partial charge in [0.1, 0.15) is 0 Å². The topological polar surface area (TPSA) is 0 Å². The van der Waals surface area contributed by atoms with Gasteiger partial charge >= 0.3 is 0 Å². The summed E-state index contributed by atoms with van der Waals surface area (Å²) in [6.45, 7) is 0. The first-order valence-corrected chi connectivity index (χ1v) is 2.63. The molecule has 0 amide bonds. The zero-order valence-electron chi connectivity index (χ0n) is 2.48. The zero-order valence-corrected chi connectivity index (χ0v) is 4.13. The maximum atomic E-state index is 5.37. The summed E-state index contributed by atoms with van der Waals surface area (Å²) < 4.78 is 0.949. The normalized spacial score (nSPS) is 20.6. The van der Waals surface area contributed by atoms with Crippen LogP contribution in [0, 0.1) is 0 Å². The molecule has 0 bridgehead atoms. The third kappa shape index (κ3) is 0.529. The Morgan fingerprint density at radius 1 is 1.80 bits per heavy atom. The van der Waals surface area contributed by atoms with Crippen LogP contribution in [-0.2, 0) is 0 Å². The summed E-state index contributed by atoms with van der Waals surface area (Å²) in [5.74, 6) is 2.00. The average Bonchev–Trinajstić information content (AvgIpc) is 1.30. The van der Waals surface area contributed by atoms with Gasteiger partial charge in [-0.15, -0.1) is 0 Å². The van der Waals surface area contributed by atoms with E-state index in [1.54, 1.807) is 0 Å². The van der Waals surface area contributed by atoms with Crippen molar-refractivity contribution < 1.29 is 0 Å². The van der Waals surface area contributed by atoms with Crippen LogP contribution in [0.2, 0.25) is 0 Å². The van der Waals surface area contributed by atoms with Gasteiger partial charge in [-0.05, 0) is 11.9 Å². The van der Waals surface area contributed by atoms with E-state index in [1.165, 1.54) is 8.20 Å². The van der Waals surface area contributed by atoms with Crippen LogP contribution in [-0.4, -0.2) is 4.75 Å². The van der Waals surface area contributed by atoms with Crippen LogP contribution in [0.25, 0.3) is 0 Å². The quantitative estimate of drug-likeness (QED) is 0.411. The largest absolute Gasteiger partial charge is 0.0789 e. The first kappa shape index (κ1) is 3.39. The monoisotopic (exact) mass is 104 g/mol. The summed E-state index contributed by atoms with van der Waals surface area (Å²) in [4.78, 5) is 0. The fourth-order valence-electron chi connectivity index (χ4n) is 0.131. The van der Waals surface area contributed by atoms with Gasteiger partial charge in [-0.1, -0.05) is 19.8 Å². The minimum absolute atomic E-state index is 0.949. The summed E-state index contributed by atoms with van der Waals surface area (Å²) in [6.07, 6.45) is 1.89. The van der Waals surface area contributed by atoms with Crippen molar-refractivity contribution in [1.29, 1.82) is 0 Å². The van der Waals surface area contributed by atoms with Gasteiger partial charge in [-0.25, -0.2) is 0 Å². The van der Waals surface area contributed by atoms with Crippen LogP contribution < -0.4 is 0 Å². The summed E-state index contributed by atoms with van der Waals surface area (Å²) >= 11 is 5.37. The molecule has 0 aromatic rings. The van der Waals surface area contributed by atoms with E-state index < -0.39 is 0 Å². The molecule has 0 aromatic carbocycles. The van der Waals surface area contributed by atoms with Crippen LogP contribution in [0.4, 0.5) is 0 Å². The Bertz CT molecular complexity index is 93.1. The van der Waals surface area contributed by atoms with Crippen molar-refractivity contribution in [1.82, 2.24) is 0 Å². The predicted octanol–water partition coefficient (Wildman–Crippen LogP) is 1.83. The lowest BCUT2D eigenvalue weighted by Gasteiger charge is -1.88. The smallest absolute Gasteiger partial charge is 0.0679 e. The van der Waals surface area contributed by atoms with E-state index in [0.29, 0.717) is 0 Å². The van der Waals surface area contributed by atoms with E-state index in [2.05, 4.69) is 0 Å². The highest BCUT2D eigenvalue weighted by molar-refractivity contribution is 7.52. The maximum absolute atomic E-state index is 5.37. The van der Waals surface area contributed by atoms with Gasteiger partial charge in [0.25, 0.3) is 0 Å². The molecular formula is C3H2ClP. The van der Waals surface area contributed by atoms with Crippen molar-refractivity contribution in [3.05, 3.63) is 11.9 Å². The Balaban J connectivity index is 2.60. The molecule has 0 fully saturated rings. The molecule has 26 valence electrons. The highest BCUT2D eigenvalue weighted by Crippen LogP contribution is 2.15. The van der Waals surface area contributed by atoms with Crippen molar-refractivity contribution in [2.24, 2.45) is 0 Å². The number of rotatable bonds is 0. The Labute approximate surface area is 37.2 Å². The van der Waals surface area contributed by atoms with Gasteiger partial charge < -0.3 is 0 Å². The molecule has 0 saturated heterocycles. The zero-order chi connectivity index (χ0) is 3.70. The van der Waals surface area contributed by atoms with E-state index in [9.17, 15) is 0 Å². The second kappa shape index (κ2) is 1.12. The lowest BCUT2D eigenvalue weighted by molar-refractivity contribution is 2.39. The van der Waals surface area contributed by atoms with Crippen LogP contribution in [0.3, 0.4) is 0 Å². The summed E-state index contributed by atoms with van der Waals surface area (Å²) in [7, 11) is 1.18. The number of hydrogen-bond donors (Lipinski definition) is 0. The maximum Gasteiger partial charge on any atom is 0.0679 e. The molecule has 1 rings (SSSR count). The second-order valence-electron chi connectivity index (χ2n) is 0.768. The van der Waals surface area contributed by atoms with E-state index in [-0.39, 0.29) is 0 Å². The molecule has 0 radical (unpaired) electrons. The van der Waals surface area contributed by atoms with E-state index in [1.807, 2.05) is 11.9 Å². The Morgan fingerprint density at radius 2 is 2.20 bits per heavy atom. The third-order valence-corrected chi connectivity index (χ3v) is 1.52. The molecule has 0 nitrogen and oxygen atoms in total. The fraction of sp³-hybridized carbons (Fsp3) is 0. The summed E-state index contributed by atoms with van der Waals surface area (Å²) in [5, 5.41) is 0. The molecule has 0 aromatic heterocycles. The summed E-state index contributed by atoms with van der Waals surface area (Å²) in [6, 6.07) is 0. The molecule has 0 spiro atoms. The highest BCUT2D eigenvalue weighted by atomic mass is 35.5. The SMILES string of the molecule is ClC1=PC=C1. The molecular weight excluding hydrogens is 102 g/mol. The van der Waals surface area contributed by atoms with Crippen LogP contribution in [0.5, 0.6) is 0 Å². The number of hydrogen-bond acceptors (Lipinski definition) is 0. The molecule has 1 heterocycles. The highest BCUT2D eigenvalue weighted by Gasteiger charge is 1.87. The molecule has 2 heteroatoms. The molecule has 0 atom stereocenters. The summed E-state index contributed by atoms with van der Waals surface area (Å²) in [5.41, 5.74) is 0. The second-order valence-corrected chi connectivity index (χ2v) is 2.48. The van der Waals surface area contributed by atoms with Crippen molar-refractivity contribution >= 4 is 24.6 Å². The number of halogens is 1. The van der Waals surface area contributed by atoms with Gasteiger partial charge in [0.05, 0.1) is 4.75 Å². The minimum Gasteiger partial charge on any atom is -0.0789 e. The fourth-order valence-corrected chi connectivity index (χ4v) is 0.731. The minimum atomic E-state index is 0.949. The Morgan fingerprint density at radius 3 is 2.20 bits per heavy atom. The number of allylic oxidation sites excluding steroid dienone is 1. The molecule has 1 aliphatic heterocycles. The van der Waals surface area contributed by atoms with Gasteiger partial charge in [0, 0.05) is 0 Å².